The van der Waals surface area contributed by atoms with E-state index in [4.69, 9.17) is 0 Å². The first-order valence-electron chi connectivity index (χ1n) is 7.85. The third-order valence-corrected chi connectivity index (χ3v) is 3.57. The van der Waals surface area contributed by atoms with Crippen LogP contribution in [-0.2, 0) is 0 Å². The summed E-state index contributed by atoms with van der Waals surface area (Å²) in [5.74, 6) is 0. The highest BCUT2D eigenvalue weighted by atomic mass is 16.4. The number of anilines is 2. The normalized spacial score (nSPS) is 10.6. The zero-order chi connectivity index (χ0) is 18.1. The van der Waals surface area contributed by atoms with Gasteiger partial charge in [0, 0.05) is 24.5 Å². The highest BCUT2D eigenvalue weighted by Crippen LogP contribution is 2.15. The van der Waals surface area contributed by atoms with Crippen LogP contribution in [0.1, 0.15) is 6.42 Å². The molecule has 130 valence electrons. The van der Waals surface area contributed by atoms with E-state index in [0.29, 0.717) is 24.3 Å². The van der Waals surface area contributed by atoms with Crippen molar-refractivity contribution in [1.82, 2.24) is 0 Å². The zero-order valence-electron chi connectivity index (χ0n) is 13.7. The standard InChI is InChI=1S/C19H20N2O4/c22-18(23)20(16-10-4-1-5-11-16)14-8-3-9-15-21(19(24)25)17-12-6-2-7-13-17/h1-8,10-13H,9,14-15H2,(H,22,23)(H,24,25). The minimum atomic E-state index is -1.03. The number of carbonyl (C=O) groups is 2. The van der Waals surface area contributed by atoms with Gasteiger partial charge in [-0.15, -0.1) is 0 Å². The van der Waals surface area contributed by atoms with E-state index >= 15 is 0 Å². The van der Waals surface area contributed by atoms with Crippen molar-refractivity contribution in [2.45, 2.75) is 6.42 Å². The van der Waals surface area contributed by atoms with Crippen LogP contribution in [0.25, 0.3) is 0 Å². The van der Waals surface area contributed by atoms with Crippen LogP contribution in [-0.4, -0.2) is 35.5 Å². The molecule has 25 heavy (non-hydrogen) atoms. The van der Waals surface area contributed by atoms with Gasteiger partial charge in [-0.3, -0.25) is 9.80 Å². The average molecular weight is 340 g/mol. The van der Waals surface area contributed by atoms with Crippen molar-refractivity contribution >= 4 is 23.6 Å². The van der Waals surface area contributed by atoms with E-state index in [2.05, 4.69) is 0 Å². The largest absolute Gasteiger partial charge is 0.465 e. The van der Waals surface area contributed by atoms with E-state index < -0.39 is 12.2 Å². The maximum Gasteiger partial charge on any atom is 0.412 e. The van der Waals surface area contributed by atoms with Gasteiger partial charge in [-0.05, 0) is 30.7 Å². The highest BCUT2D eigenvalue weighted by molar-refractivity contribution is 5.86. The molecule has 0 aliphatic carbocycles. The fourth-order valence-electron chi connectivity index (χ4n) is 2.35. The van der Waals surface area contributed by atoms with E-state index in [0.717, 1.165) is 0 Å². The minimum absolute atomic E-state index is 0.206. The van der Waals surface area contributed by atoms with Gasteiger partial charge in [0.2, 0.25) is 0 Å². The number of amides is 2. The number of hydrogen-bond donors (Lipinski definition) is 2. The molecule has 2 aromatic rings. The van der Waals surface area contributed by atoms with E-state index in [9.17, 15) is 19.8 Å². The van der Waals surface area contributed by atoms with Gasteiger partial charge in [0.15, 0.2) is 0 Å². The Hall–Kier alpha value is -3.28. The topological polar surface area (TPSA) is 81.1 Å². The van der Waals surface area contributed by atoms with E-state index in [1.807, 2.05) is 12.1 Å². The fourth-order valence-corrected chi connectivity index (χ4v) is 2.35. The van der Waals surface area contributed by atoms with Crippen LogP contribution >= 0.6 is 0 Å². The lowest BCUT2D eigenvalue weighted by Crippen LogP contribution is -2.30. The Bertz CT molecular complexity index is 717. The molecule has 0 aliphatic heterocycles. The van der Waals surface area contributed by atoms with Gasteiger partial charge in [-0.2, -0.15) is 0 Å². The zero-order valence-corrected chi connectivity index (χ0v) is 13.7. The van der Waals surface area contributed by atoms with E-state index in [-0.39, 0.29) is 6.54 Å². The number of benzene rings is 2. The molecule has 0 spiro atoms. The van der Waals surface area contributed by atoms with Crippen molar-refractivity contribution in [3.63, 3.8) is 0 Å². The molecule has 6 nitrogen and oxygen atoms in total. The predicted molar refractivity (Wildman–Crippen MR) is 97.4 cm³/mol. The summed E-state index contributed by atoms with van der Waals surface area (Å²) in [4.78, 5) is 25.2. The van der Waals surface area contributed by atoms with Gasteiger partial charge < -0.3 is 10.2 Å². The SMILES string of the molecule is O=C(O)N(CC=CCCN(C(=O)O)c1ccccc1)c1ccccc1. The Balaban J connectivity index is 1.91. The van der Waals surface area contributed by atoms with Crippen LogP contribution in [0, 0.1) is 0 Å². The molecule has 6 heteroatoms. The molecule has 2 rings (SSSR count). The first-order chi connectivity index (χ1) is 12.1. The Labute approximate surface area is 146 Å². The summed E-state index contributed by atoms with van der Waals surface area (Å²) in [6.07, 6.45) is 1.95. The molecule has 2 amide bonds. The number of para-hydroxylation sites is 2. The molecule has 2 N–H and O–H groups in total. The number of carboxylic acid groups (broad SMARTS) is 2. The average Bonchev–Trinajstić information content (AvgIpc) is 2.62. The Morgan fingerprint density at radius 2 is 1.24 bits per heavy atom. The molecule has 0 fully saturated rings. The summed E-state index contributed by atoms with van der Waals surface area (Å²) >= 11 is 0. The molecule has 0 atom stereocenters. The Morgan fingerprint density at radius 3 is 1.72 bits per heavy atom. The monoisotopic (exact) mass is 340 g/mol. The maximum atomic E-state index is 11.4. The third-order valence-electron chi connectivity index (χ3n) is 3.57. The van der Waals surface area contributed by atoms with Crippen LogP contribution in [0.5, 0.6) is 0 Å². The molecule has 0 unspecified atom stereocenters. The Kier molecular flexibility index (Phi) is 6.59. The van der Waals surface area contributed by atoms with Crippen LogP contribution < -0.4 is 9.80 Å². The second-order valence-electron chi connectivity index (χ2n) is 5.26. The lowest BCUT2D eigenvalue weighted by atomic mass is 10.2. The number of nitrogens with zero attached hydrogens (tertiary/aromatic N) is 2. The quantitative estimate of drug-likeness (QED) is 0.736. The second-order valence-corrected chi connectivity index (χ2v) is 5.26. The lowest BCUT2D eigenvalue weighted by molar-refractivity contribution is 0.201. The maximum absolute atomic E-state index is 11.4. The summed E-state index contributed by atoms with van der Waals surface area (Å²) in [6, 6.07) is 17.7. The fraction of sp³-hybridized carbons (Fsp3) is 0.158. The summed E-state index contributed by atoms with van der Waals surface area (Å²) in [5.41, 5.74) is 1.20. The highest BCUT2D eigenvalue weighted by Gasteiger charge is 2.13. The summed E-state index contributed by atoms with van der Waals surface area (Å²) in [6.45, 7) is 0.506. The van der Waals surface area contributed by atoms with Crippen molar-refractivity contribution in [2.24, 2.45) is 0 Å². The first-order valence-corrected chi connectivity index (χ1v) is 7.85. The van der Waals surface area contributed by atoms with Gasteiger partial charge in [0.1, 0.15) is 0 Å². The summed E-state index contributed by atoms with van der Waals surface area (Å²) in [5, 5.41) is 18.6. The molecule has 0 aromatic heterocycles. The van der Waals surface area contributed by atoms with Crippen LogP contribution in [0.2, 0.25) is 0 Å². The predicted octanol–water partition coefficient (Wildman–Crippen LogP) is 4.30. The minimum Gasteiger partial charge on any atom is -0.465 e. The molecule has 2 aromatic carbocycles. The molecule has 0 bridgehead atoms. The molecular weight excluding hydrogens is 320 g/mol. The second kappa shape index (κ2) is 9.12. The van der Waals surface area contributed by atoms with Crippen molar-refractivity contribution < 1.29 is 19.8 Å². The molecule has 0 aliphatic rings. The van der Waals surface area contributed by atoms with Gasteiger partial charge in [0.25, 0.3) is 0 Å². The van der Waals surface area contributed by atoms with Crippen LogP contribution in [0.4, 0.5) is 21.0 Å². The van der Waals surface area contributed by atoms with Crippen molar-refractivity contribution in [1.29, 1.82) is 0 Å². The first kappa shape index (κ1) is 18.1. The van der Waals surface area contributed by atoms with Crippen molar-refractivity contribution in [3.05, 3.63) is 72.8 Å². The van der Waals surface area contributed by atoms with Crippen LogP contribution in [0.15, 0.2) is 72.8 Å². The third kappa shape index (κ3) is 5.39. The molecule has 0 radical (unpaired) electrons. The Morgan fingerprint density at radius 1 is 0.760 bits per heavy atom. The molecule has 0 heterocycles. The molecular formula is C19H20N2O4. The van der Waals surface area contributed by atoms with Crippen molar-refractivity contribution in [2.75, 3.05) is 22.9 Å². The smallest absolute Gasteiger partial charge is 0.412 e. The van der Waals surface area contributed by atoms with Crippen molar-refractivity contribution in [3.8, 4) is 0 Å². The molecule has 0 saturated heterocycles. The van der Waals surface area contributed by atoms with Gasteiger partial charge in [-0.1, -0.05) is 48.6 Å². The van der Waals surface area contributed by atoms with Crippen LogP contribution in [0.3, 0.4) is 0 Å². The summed E-state index contributed by atoms with van der Waals surface area (Å²) in [7, 11) is 0. The van der Waals surface area contributed by atoms with Gasteiger partial charge in [-0.25, -0.2) is 9.59 Å². The number of hydrogen-bond acceptors (Lipinski definition) is 2. The lowest BCUT2D eigenvalue weighted by Gasteiger charge is -2.19. The summed E-state index contributed by atoms with van der Waals surface area (Å²) < 4.78 is 0. The van der Waals surface area contributed by atoms with Gasteiger partial charge >= 0.3 is 12.2 Å². The molecule has 0 saturated carbocycles. The van der Waals surface area contributed by atoms with Gasteiger partial charge in [0.05, 0.1) is 0 Å². The van der Waals surface area contributed by atoms with E-state index in [1.165, 1.54) is 9.80 Å². The van der Waals surface area contributed by atoms with E-state index in [1.54, 1.807) is 60.7 Å². The number of rotatable bonds is 7.